The van der Waals surface area contributed by atoms with Gasteiger partial charge in [0.25, 0.3) is 0 Å². The minimum Gasteiger partial charge on any atom is -0.496 e. The zero-order valence-electron chi connectivity index (χ0n) is 18.0. The molecule has 1 amide bonds. The normalized spacial score (nSPS) is 13.5. The number of hydrogen-bond donors (Lipinski definition) is 3. The maximum absolute atomic E-state index is 14.4. The van der Waals surface area contributed by atoms with E-state index in [4.69, 9.17) is 19.6 Å². The number of para-hydroxylation sites is 1. The van der Waals surface area contributed by atoms with Gasteiger partial charge in [-0.05, 0) is 50.2 Å². The number of halogens is 1. The minimum absolute atomic E-state index is 0.106. The number of nitrogens with one attached hydrogen (secondary N) is 3. The molecule has 0 fully saturated rings. The number of anilines is 1. The van der Waals surface area contributed by atoms with Crippen molar-refractivity contribution in [1.29, 1.82) is 5.41 Å². The fraction of sp³-hybridized carbons (Fsp3) is 0.250. The van der Waals surface area contributed by atoms with Gasteiger partial charge in [0.2, 0.25) is 0 Å². The van der Waals surface area contributed by atoms with Gasteiger partial charge >= 0.3 is 6.09 Å². The van der Waals surface area contributed by atoms with E-state index in [1.54, 1.807) is 55.5 Å². The number of allylic oxidation sites excluding steroid dienone is 2. The summed E-state index contributed by atoms with van der Waals surface area (Å²) >= 11 is 0. The van der Waals surface area contributed by atoms with Crippen LogP contribution in [-0.4, -0.2) is 25.1 Å². The zero-order chi connectivity index (χ0) is 22.9. The maximum atomic E-state index is 14.4. The second-order valence-corrected chi connectivity index (χ2v) is 6.80. The number of carbonyl (C=O) groups is 1. The third-order valence-electron chi connectivity index (χ3n) is 4.55. The molecular formula is C24H26FN3O4. The largest absolute Gasteiger partial charge is 0.496 e. The zero-order valence-corrected chi connectivity index (χ0v) is 18.0. The van der Waals surface area contributed by atoms with E-state index in [-0.39, 0.29) is 23.8 Å². The van der Waals surface area contributed by atoms with Crippen LogP contribution in [0.15, 0.2) is 77.6 Å². The van der Waals surface area contributed by atoms with Crippen LogP contribution in [0.4, 0.5) is 14.9 Å². The average Bonchev–Trinajstić information content (AvgIpc) is 2.79. The Morgan fingerprint density at radius 2 is 1.69 bits per heavy atom. The lowest BCUT2D eigenvalue weighted by Crippen LogP contribution is -2.32. The van der Waals surface area contributed by atoms with Gasteiger partial charge in [-0.2, -0.15) is 0 Å². The molecule has 8 heteroatoms. The Hall–Kier alpha value is -3.81. The van der Waals surface area contributed by atoms with Crippen molar-refractivity contribution < 1.29 is 23.4 Å². The highest BCUT2D eigenvalue weighted by atomic mass is 19.1. The van der Waals surface area contributed by atoms with Gasteiger partial charge in [0, 0.05) is 24.1 Å². The first-order valence-electron chi connectivity index (χ1n) is 10.4. The molecule has 3 rings (SSSR count). The summed E-state index contributed by atoms with van der Waals surface area (Å²) in [5.41, 5.74) is 1.60. The van der Waals surface area contributed by atoms with Crippen LogP contribution in [0.3, 0.4) is 0 Å². The van der Waals surface area contributed by atoms with Crippen molar-refractivity contribution >= 4 is 17.6 Å². The van der Waals surface area contributed by atoms with E-state index in [1.165, 1.54) is 0 Å². The van der Waals surface area contributed by atoms with Crippen molar-refractivity contribution in [3.63, 3.8) is 0 Å². The Balaban J connectivity index is 1.69. The van der Waals surface area contributed by atoms with Crippen molar-refractivity contribution in [3.8, 4) is 5.75 Å². The van der Waals surface area contributed by atoms with Gasteiger partial charge in [-0.25, -0.2) is 9.18 Å². The van der Waals surface area contributed by atoms with Crippen LogP contribution in [0.25, 0.3) is 0 Å². The quantitative estimate of drug-likeness (QED) is 0.375. The summed E-state index contributed by atoms with van der Waals surface area (Å²) in [6.45, 7) is 4.45. The first kappa shape index (κ1) is 22.9. The number of hydrogen-bond acceptors (Lipinski definition) is 6. The molecule has 2 aromatic rings. The Labute approximate surface area is 186 Å². The Kier molecular flexibility index (Phi) is 7.85. The van der Waals surface area contributed by atoms with Crippen molar-refractivity contribution in [3.05, 3.63) is 83.2 Å². The van der Waals surface area contributed by atoms with E-state index in [9.17, 15) is 9.18 Å². The lowest BCUT2D eigenvalue weighted by Gasteiger charge is -2.24. The minimum atomic E-state index is -0.751. The predicted molar refractivity (Wildman–Crippen MR) is 120 cm³/mol. The highest BCUT2D eigenvalue weighted by Gasteiger charge is 2.25. The summed E-state index contributed by atoms with van der Waals surface area (Å²) in [5.74, 6) is 0.750. The van der Waals surface area contributed by atoms with E-state index in [0.717, 1.165) is 0 Å². The van der Waals surface area contributed by atoms with Gasteiger partial charge in [-0.15, -0.1) is 0 Å². The van der Waals surface area contributed by atoms with Crippen LogP contribution in [-0.2, 0) is 9.47 Å². The van der Waals surface area contributed by atoms with Crippen LogP contribution in [0.5, 0.6) is 5.75 Å². The topological polar surface area (TPSA) is 92.7 Å². The average molecular weight is 439 g/mol. The summed E-state index contributed by atoms with van der Waals surface area (Å²) in [5, 5.41) is 13.7. The molecule has 0 saturated carbocycles. The molecule has 0 aromatic heterocycles. The lowest BCUT2D eigenvalue weighted by molar-refractivity contribution is 0.185. The van der Waals surface area contributed by atoms with Crippen molar-refractivity contribution in [2.24, 2.45) is 0 Å². The number of amidine groups is 1. The van der Waals surface area contributed by atoms with Gasteiger partial charge in [0.15, 0.2) is 5.76 Å². The fourth-order valence-corrected chi connectivity index (χ4v) is 3.12. The molecule has 32 heavy (non-hydrogen) atoms. The molecule has 0 atom stereocenters. The van der Waals surface area contributed by atoms with Crippen molar-refractivity contribution in [1.82, 2.24) is 5.32 Å². The summed E-state index contributed by atoms with van der Waals surface area (Å²) in [6.07, 6.45) is -0.0788. The van der Waals surface area contributed by atoms with Gasteiger partial charge in [-0.1, -0.05) is 18.2 Å². The van der Waals surface area contributed by atoms with Crippen LogP contribution < -0.4 is 15.4 Å². The summed E-state index contributed by atoms with van der Waals surface area (Å²) in [6, 6.07) is 15.4. The number of benzene rings is 2. The molecule has 168 valence electrons. The van der Waals surface area contributed by atoms with Crippen molar-refractivity contribution in [2.75, 3.05) is 18.5 Å². The van der Waals surface area contributed by atoms with Crippen LogP contribution >= 0.6 is 0 Å². The molecule has 0 heterocycles. The summed E-state index contributed by atoms with van der Waals surface area (Å²) in [4.78, 5) is 12.0. The van der Waals surface area contributed by atoms with Crippen molar-refractivity contribution in [2.45, 2.75) is 26.7 Å². The molecule has 0 spiro atoms. The first-order chi connectivity index (χ1) is 15.5. The summed E-state index contributed by atoms with van der Waals surface area (Å²) in [7, 11) is 0. The first-order valence-corrected chi connectivity index (χ1v) is 10.4. The maximum Gasteiger partial charge on any atom is 0.418 e. The molecule has 1 aliphatic rings. The Morgan fingerprint density at radius 1 is 1.00 bits per heavy atom. The Bertz CT molecular complexity index is 1010. The molecule has 2 aromatic carbocycles. The van der Waals surface area contributed by atoms with E-state index in [2.05, 4.69) is 10.6 Å². The number of ether oxygens (including phenoxy) is 3. The molecule has 3 N–H and O–H groups in total. The van der Waals surface area contributed by atoms with E-state index >= 15 is 0 Å². The third kappa shape index (κ3) is 5.87. The molecule has 0 bridgehead atoms. The molecule has 0 saturated heterocycles. The molecule has 7 nitrogen and oxygen atoms in total. The smallest absolute Gasteiger partial charge is 0.418 e. The molecular weight excluding hydrogens is 413 g/mol. The van der Waals surface area contributed by atoms with E-state index in [1.807, 2.05) is 13.0 Å². The molecule has 0 aliphatic heterocycles. The molecule has 0 unspecified atom stereocenters. The monoisotopic (exact) mass is 439 g/mol. The lowest BCUT2D eigenvalue weighted by atomic mass is 10.1. The van der Waals surface area contributed by atoms with Crippen LogP contribution in [0.1, 0.15) is 32.3 Å². The van der Waals surface area contributed by atoms with Crippen LogP contribution in [0.2, 0.25) is 0 Å². The number of amides is 1. The second kappa shape index (κ2) is 11.0. The van der Waals surface area contributed by atoms with E-state index < -0.39 is 6.09 Å². The molecule has 1 aliphatic carbocycles. The Morgan fingerprint density at radius 3 is 2.34 bits per heavy atom. The number of carbonyl (C=O) groups excluding carboxylic acids is 1. The van der Waals surface area contributed by atoms with Crippen LogP contribution in [0, 0.1) is 5.41 Å². The van der Waals surface area contributed by atoms with E-state index in [0.29, 0.717) is 48.1 Å². The number of rotatable bonds is 8. The summed E-state index contributed by atoms with van der Waals surface area (Å²) < 4.78 is 30.7. The SMILES string of the molecule is CCOC1=C(Nc2ccc(C(=N)NC(=O)Oc3ccccc3)cc2)C(OCC)=C(F)CC1. The van der Waals surface area contributed by atoms with Gasteiger partial charge in [0.05, 0.1) is 13.2 Å². The highest BCUT2D eigenvalue weighted by molar-refractivity contribution is 6.05. The second-order valence-electron chi connectivity index (χ2n) is 6.80. The molecule has 0 radical (unpaired) electrons. The third-order valence-corrected chi connectivity index (χ3v) is 4.55. The van der Waals surface area contributed by atoms with Gasteiger partial charge in [0.1, 0.15) is 28.9 Å². The van der Waals surface area contributed by atoms with Gasteiger partial charge < -0.3 is 19.5 Å². The van der Waals surface area contributed by atoms with Gasteiger partial charge in [-0.3, -0.25) is 10.7 Å². The predicted octanol–water partition coefficient (Wildman–Crippen LogP) is 5.47. The highest BCUT2D eigenvalue weighted by Crippen LogP contribution is 2.33. The fourth-order valence-electron chi connectivity index (χ4n) is 3.12. The standard InChI is InChI=1S/C24H26FN3O4/c1-3-30-20-15-14-19(25)22(31-4-2)21(20)27-17-12-10-16(11-13-17)23(26)28-24(29)32-18-8-6-5-7-9-18/h5-13,27H,3-4,14-15H2,1-2H3,(H2,26,28,29).